The standard InChI is InChI=1S/C24H29NO2S/c1-18(2)24-23(25-19(3)28-24)20-12-14-22(15-13-20)27-17-9-5-8-16-26-21-10-6-4-7-11-21/h4,6-7,10-15,18H,5,8-9,16-17H2,1-3H3. The Kier molecular flexibility index (Phi) is 7.49. The molecule has 2 aromatic carbocycles. The average Bonchev–Trinajstić information content (AvgIpc) is 3.11. The molecule has 3 aromatic rings. The third-order valence-electron chi connectivity index (χ3n) is 4.48. The summed E-state index contributed by atoms with van der Waals surface area (Å²) < 4.78 is 11.6. The molecule has 0 radical (unpaired) electrons. The number of benzene rings is 2. The molecule has 28 heavy (non-hydrogen) atoms. The van der Waals surface area contributed by atoms with Gasteiger partial charge in [0.1, 0.15) is 11.5 Å². The maximum absolute atomic E-state index is 5.89. The van der Waals surface area contributed by atoms with Crippen LogP contribution < -0.4 is 9.47 Å². The monoisotopic (exact) mass is 395 g/mol. The normalized spacial score (nSPS) is 11.0. The Morgan fingerprint density at radius 3 is 2.04 bits per heavy atom. The fourth-order valence-electron chi connectivity index (χ4n) is 3.03. The van der Waals surface area contributed by atoms with E-state index in [1.807, 2.05) is 42.5 Å². The van der Waals surface area contributed by atoms with Gasteiger partial charge in [-0.1, -0.05) is 32.0 Å². The van der Waals surface area contributed by atoms with Gasteiger partial charge in [0.25, 0.3) is 0 Å². The summed E-state index contributed by atoms with van der Waals surface area (Å²) in [7, 11) is 0. The van der Waals surface area contributed by atoms with Crippen molar-refractivity contribution < 1.29 is 9.47 Å². The van der Waals surface area contributed by atoms with Crippen LogP contribution in [0.25, 0.3) is 11.3 Å². The molecule has 0 bridgehead atoms. The first-order valence-electron chi connectivity index (χ1n) is 10.0. The second-order valence-corrected chi connectivity index (χ2v) is 8.43. The molecule has 0 spiro atoms. The first kappa shape index (κ1) is 20.4. The van der Waals surface area contributed by atoms with Gasteiger partial charge in [0.2, 0.25) is 0 Å². The predicted octanol–water partition coefficient (Wildman–Crippen LogP) is 6.87. The lowest BCUT2D eigenvalue weighted by molar-refractivity contribution is 0.279. The Balaban J connectivity index is 1.39. The number of rotatable bonds is 10. The van der Waals surface area contributed by atoms with Gasteiger partial charge in [-0.3, -0.25) is 0 Å². The maximum atomic E-state index is 5.89. The van der Waals surface area contributed by atoms with Gasteiger partial charge in [0.15, 0.2) is 0 Å². The van der Waals surface area contributed by atoms with E-state index in [2.05, 4.69) is 32.9 Å². The van der Waals surface area contributed by atoms with E-state index in [1.165, 1.54) is 10.4 Å². The van der Waals surface area contributed by atoms with E-state index in [9.17, 15) is 0 Å². The van der Waals surface area contributed by atoms with Crippen LogP contribution in [0.2, 0.25) is 0 Å². The van der Waals surface area contributed by atoms with E-state index in [4.69, 9.17) is 14.5 Å². The van der Waals surface area contributed by atoms with Crippen molar-refractivity contribution in [3.05, 3.63) is 64.5 Å². The second kappa shape index (κ2) is 10.3. The predicted molar refractivity (Wildman–Crippen MR) is 118 cm³/mol. The molecular formula is C24H29NO2S. The molecule has 0 aliphatic heterocycles. The third-order valence-corrected chi connectivity index (χ3v) is 5.75. The summed E-state index contributed by atoms with van der Waals surface area (Å²) in [4.78, 5) is 6.07. The average molecular weight is 396 g/mol. The highest BCUT2D eigenvalue weighted by atomic mass is 32.1. The second-order valence-electron chi connectivity index (χ2n) is 7.20. The van der Waals surface area contributed by atoms with Crippen LogP contribution in [-0.4, -0.2) is 18.2 Å². The van der Waals surface area contributed by atoms with Crippen LogP contribution >= 0.6 is 11.3 Å². The Morgan fingerprint density at radius 2 is 1.43 bits per heavy atom. The van der Waals surface area contributed by atoms with Gasteiger partial charge in [-0.05, 0) is 68.5 Å². The van der Waals surface area contributed by atoms with Crippen LogP contribution in [0.5, 0.6) is 11.5 Å². The molecule has 0 atom stereocenters. The maximum Gasteiger partial charge on any atom is 0.119 e. The smallest absolute Gasteiger partial charge is 0.119 e. The highest BCUT2D eigenvalue weighted by molar-refractivity contribution is 7.12. The SMILES string of the molecule is Cc1nc(-c2ccc(OCCCCCOc3ccccc3)cc2)c(C(C)C)s1. The summed E-state index contributed by atoms with van der Waals surface area (Å²) in [5.41, 5.74) is 2.28. The van der Waals surface area contributed by atoms with E-state index in [-0.39, 0.29) is 0 Å². The minimum absolute atomic E-state index is 0.489. The number of aromatic nitrogens is 1. The van der Waals surface area contributed by atoms with Crippen molar-refractivity contribution in [2.45, 2.75) is 46.0 Å². The summed E-state index contributed by atoms with van der Waals surface area (Å²) in [6.07, 6.45) is 3.17. The Morgan fingerprint density at radius 1 is 0.821 bits per heavy atom. The van der Waals surface area contributed by atoms with Crippen LogP contribution in [0.1, 0.15) is 48.9 Å². The van der Waals surface area contributed by atoms with E-state index < -0.39 is 0 Å². The van der Waals surface area contributed by atoms with Gasteiger partial charge in [0, 0.05) is 10.4 Å². The minimum atomic E-state index is 0.489. The zero-order valence-corrected chi connectivity index (χ0v) is 17.8. The van der Waals surface area contributed by atoms with Crippen LogP contribution in [0.15, 0.2) is 54.6 Å². The molecule has 4 heteroatoms. The van der Waals surface area contributed by atoms with Gasteiger partial charge >= 0.3 is 0 Å². The van der Waals surface area contributed by atoms with Crippen molar-refractivity contribution >= 4 is 11.3 Å². The first-order chi connectivity index (χ1) is 13.6. The number of ether oxygens (including phenoxy) is 2. The summed E-state index contributed by atoms with van der Waals surface area (Å²) in [5.74, 6) is 2.35. The lowest BCUT2D eigenvalue weighted by atomic mass is 10.1. The number of hydrogen-bond acceptors (Lipinski definition) is 4. The van der Waals surface area contributed by atoms with Crippen molar-refractivity contribution in [3.8, 4) is 22.8 Å². The van der Waals surface area contributed by atoms with Gasteiger partial charge in [0.05, 0.1) is 23.9 Å². The summed E-state index contributed by atoms with van der Waals surface area (Å²) in [6, 6.07) is 18.3. The largest absolute Gasteiger partial charge is 0.494 e. The number of hydrogen-bond donors (Lipinski definition) is 0. The summed E-state index contributed by atoms with van der Waals surface area (Å²) in [5, 5.41) is 1.12. The first-order valence-corrected chi connectivity index (χ1v) is 10.8. The van der Waals surface area contributed by atoms with Crippen molar-refractivity contribution in [3.63, 3.8) is 0 Å². The highest BCUT2D eigenvalue weighted by Crippen LogP contribution is 2.34. The lowest BCUT2D eigenvalue weighted by Gasteiger charge is -2.09. The van der Waals surface area contributed by atoms with Gasteiger partial charge < -0.3 is 9.47 Å². The molecule has 3 rings (SSSR count). The minimum Gasteiger partial charge on any atom is -0.494 e. The number of unbranched alkanes of at least 4 members (excludes halogenated alkanes) is 2. The molecule has 0 amide bonds. The summed E-state index contributed by atoms with van der Waals surface area (Å²) >= 11 is 1.79. The molecule has 0 saturated carbocycles. The van der Waals surface area contributed by atoms with Crippen molar-refractivity contribution in [2.24, 2.45) is 0 Å². The molecule has 1 heterocycles. The third kappa shape index (κ3) is 5.83. The molecular weight excluding hydrogens is 366 g/mol. The van der Waals surface area contributed by atoms with Crippen LogP contribution in [0, 0.1) is 6.92 Å². The van der Waals surface area contributed by atoms with Crippen LogP contribution in [-0.2, 0) is 0 Å². The van der Waals surface area contributed by atoms with Crippen LogP contribution in [0.3, 0.4) is 0 Å². The van der Waals surface area contributed by atoms with Gasteiger partial charge in [-0.25, -0.2) is 4.98 Å². The van der Waals surface area contributed by atoms with Crippen molar-refractivity contribution in [1.82, 2.24) is 4.98 Å². The molecule has 0 aliphatic rings. The fourth-order valence-corrected chi connectivity index (χ4v) is 3.98. The van der Waals surface area contributed by atoms with E-state index in [0.29, 0.717) is 5.92 Å². The Labute approximate surface area is 172 Å². The zero-order chi connectivity index (χ0) is 19.8. The van der Waals surface area contributed by atoms with E-state index >= 15 is 0 Å². The molecule has 0 unspecified atom stereocenters. The van der Waals surface area contributed by atoms with Gasteiger partial charge in [-0.2, -0.15) is 0 Å². The quantitative estimate of drug-likeness (QED) is 0.351. The molecule has 1 aromatic heterocycles. The number of aryl methyl sites for hydroxylation is 1. The number of thiazole rings is 1. The fraction of sp³-hybridized carbons (Fsp3) is 0.375. The molecule has 0 fully saturated rings. The van der Waals surface area contributed by atoms with Crippen molar-refractivity contribution in [2.75, 3.05) is 13.2 Å². The molecule has 0 aliphatic carbocycles. The zero-order valence-electron chi connectivity index (χ0n) is 17.0. The molecule has 0 saturated heterocycles. The molecule has 3 nitrogen and oxygen atoms in total. The van der Waals surface area contributed by atoms with E-state index in [1.54, 1.807) is 11.3 Å². The Bertz CT molecular complexity index is 841. The van der Waals surface area contributed by atoms with Crippen molar-refractivity contribution in [1.29, 1.82) is 0 Å². The highest BCUT2D eigenvalue weighted by Gasteiger charge is 2.14. The topological polar surface area (TPSA) is 31.4 Å². The summed E-state index contributed by atoms with van der Waals surface area (Å²) in [6.45, 7) is 8.00. The number of para-hydroxylation sites is 1. The molecule has 148 valence electrons. The van der Waals surface area contributed by atoms with Gasteiger partial charge in [-0.15, -0.1) is 11.3 Å². The van der Waals surface area contributed by atoms with E-state index in [0.717, 1.165) is 54.7 Å². The molecule has 0 N–H and O–H groups in total. The van der Waals surface area contributed by atoms with Crippen LogP contribution in [0.4, 0.5) is 0 Å². The Hall–Kier alpha value is -2.33. The lowest BCUT2D eigenvalue weighted by Crippen LogP contribution is -2.01. The number of nitrogens with zero attached hydrogens (tertiary/aromatic N) is 1.